The van der Waals surface area contributed by atoms with Crippen molar-refractivity contribution in [1.82, 2.24) is 0 Å². The van der Waals surface area contributed by atoms with E-state index in [9.17, 15) is 14.4 Å². The molecule has 0 aliphatic rings. The van der Waals surface area contributed by atoms with E-state index < -0.39 is 17.0 Å². The Morgan fingerprint density at radius 1 is 1.05 bits per heavy atom. The highest BCUT2D eigenvalue weighted by atomic mass is 35.5. The zero-order valence-electron chi connectivity index (χ0n) is 25.1. The third kappa shape index (κ3) is 9.56. The molecule has 2 aromatic rings. The van der Waals surface area contributed by atoms with Gasteiger partial charge in [-0.15, -0.1) is 0 Å². The number of methoxy groups -OCH3 is 1. The molecule has 0 aliphatic carbocycles. The van der Waals surface area contributed by atoms with Crippen LogP contribution in [-0.2, 0) is 14.3 Å². The van der Waals surface area contributed by atoms with Gasteiger partial charge in [-0.05, 0) is 61.2 Å². The molecule has 0 aromatic heterocycles. The molecule has 0 spiro atoms. The summed E-state index contributed by atoms with van der Waals surface area (Å²) in [5.41, 5.74) is 0.936. The maximum absolute atomic E-state index is 13.8. The summed E-state index contributed by atoms with van der Waals surface area (Å²) in [6, 6.07) is 12.0. The Balaban J connectivity index is 2.41. The second-order valence-corrected chi connectivity index (χ2v) is 12.0. The van der Waals surface area contributed by atoms with Crippen LogP contribution < -0.4 is 10.2 Å². The van der Waals surface area contributed by atoms with E-state index in [-0.39, 0.29) is 28.1 Å². The van der Waals surface area contributed by atoms with Crippen molar-refractivity contribution in [1.29, 1.82) is 0 Å². The molecule has 1 amide bonds. The van der Waals surface area contributed by atoms with Gasteiger partial charge in [-0.1, -0.05) is 59.6 Å². The maximum atomic E-state index is 13.8. The first-order valence-electron chi connectivity index (χ1n) is 13.9. The Bertz CT molecular complexity index is 1200. The van der Waals surface area contributed by atoms with Gasteiger partial charge in [-0.3, -0.25) is 14.4 Å². The fraction of sp³-hybridized carbons (Fsp3) is 0.500. The SMILES string of the molecule is CCC(CCC(C)C)C(=O)Nc1ccc(Cl)c(C(=O)C(=Nc2ccc(N(C)CCOC)cc2)C(=O)C(C)(C)C)c1. The molecule has 40 heavy (non-hydrogen) atoms. The first-order chi connectivity index (χ1) is 18.8. The summed E-state index contributed by atoms with van der Waals surface area (Å²) in [4.78, 5) is 46.7. The van der Waals surface area contributed by atoms with Gasteiger partial charge in [0.2, 0.25) is 11.7 Å². The van der Waals surface area contributed by atoms with E-state index in [0.29, 0.717) is 30.4 Å². The van der Waals surface area contributed by atoms with E-state index in [1.807, 2.05) is 31.0 Å². The van der Waals surface area contributed by atoms with Gasteiger partial charge in [0.1, 0.15) is 0 Å². The standard InChI is InChI=1S/C32H44ClN3O4/c1-9-22(11-10-21(2)3)31(39)35-24-14-17-27(33)26(20-24)29(37)28(30(38)32(4,5)6)34-23-12-15-25(16-13-23)36(7)18-19-40-8/h12-17,20-22H,9-11,18-19H2,1-8H3,(H,35,39). The highest BCUT2D eigenvalue weighted by Gasteiger charge is 2.32. The van der Waals surface area contributed by atoms with Crippen LogP contribution in [0.15, 0.2) is 47.5 Å². The van der Waals surface area contributed by atoms with Crippen molar-refractivity contribution in [3.63, 3.8) is 0 Å². The van der Waals surface area contributed by atoms with E-state index in [0.717, 1.165) is 24.9 Å². The van der Waals surface area contributed by atoms with Crippen molar-refractivity contribution in [2.75, 3.05) is 37.5 Å². The van der Waals surface area contributed by atoms with E-state index in [4.69, 9.17) is 16.3 Å². The smallest absolute Gasteiger partial charge is 0.227 e. The van der Waals surface area contributed by atoms with Gasteiger partial charge in [0.25, 0.3) is 0 Å². The van der Waals surface area contributed by atoms with E-state index in [1.165, 1.54) is 6.07 Å². The van der Waals surface area contributed by atoms with Crippen molar-refractivity contribution in [2.45, 2.75) is 60.8 Å². The lowest BCUT2D eigenvalue weighted by atomic mass is 9.85. The monoisotopic (exact) mass is 569 g/mol. The minimum Gasteiger partial charge on any atom is -0.383 e. The Morgan fingerprint density at radius 3 is 2.25 bits per heavy atom. The summed E-state index contributed by atoms with van der Waals surface area (Å²) in [5.74, 6) is -0.710. The number of ether oxygens (including phenoxy) is 1. The summed E-state index contributed by atoms with van der Waals surface area (Å²) in [7, 11) is 3.61. The Hall–Kier alpha value is -3.03. The third-order valence-electron chi connectivity index (χ3n) is 6.71. The van der Waals surface area contributed by atoms with E-state index in [2.05, 4.69) is 24.2 Å². The molecule has 2 aromatic carbocycles. The molecule has 8 heteroatoms. The van der Waals surface area contributed by atoms with Crippen molar-refractivity contribution in [3.05, 3.63) is 53.1 Å². The summed E-state index contributed by atoms with van der Waals surface area (Å²) >= 11 is 6.45. The molecule has 7 nitrogen and oxygen atoms in total. The third-order valence-corrected chi connectivity index (χ3v) is 7.04. The fourth-order valence-corrected chi connectivity index (χ4v) is 4.24. The van der Waals surface area contributed by atoms with Gasteiger partial charge in [0.15, 0.2) is 11.5 Å². The first kappa shape index (κ1) is 33.2. The molecule has 1 N–H and O–H groups in total. The van der Waals surface area contributed by atoms with Gasteiger partial charge in [-0.2, -0.15) is 0 Å². The summed E-state index contributed by atoms with van der Waals surface area (Å²) in [5, 5.41) is 3.11. The van der Waals surface area contributed by atoms with Crippen LogP contribution in [0.25, 0.3) is 0 Å². The van der Waals surface area contributed by atoms with Gasteiger partial charge in [0.05, 0.1) is 17.3 Å². The van der Waals surface area contributed by atoms with Gasteiger partial charge < -0.3 is 15.0 Å². The molecular weight excluding hydrogens is 526 g/mol. The second-order valence-electron chi connectivity index (χ2n) is 11.6. The number of benzene rings is 2. The molecule has 218 valence electrons. The molecule has 1 atom stereocenters. The number of likely N-dealkylation sites (N-methyl/N-ethyl adjacent to an activating group) is 1. The van der Waals surface area contributed by atoms with E-state index >= 15 is 0 Å². The Kier molecular flexibility index (Phi) is 12.5. The molecule has 0 saturated carbocycles. The normalized spacial score (nSPS) is 12.8. The first-order valence-corrected chi connectivity index (χ1v) is 14.2. The number of nitrogens with zero attached hydrogens (tertiary/aromatic N) is 2. The Labute approximate surface area is 244 Å². The second kappa shape index (κ2) is 15.1. The van der Waals surface area contributed by atoms with Crippen LogP contribution in [0.1, 0.15) is 71.2 Å². The summed E-state index contributed by atoms with van der Waals surface area (Å²) in [6.45, 7) is 12.8. The zero-order valence-corrected chi connectivity index (χ0v) is 25.9. The van der Waals surface area contributed by atoms with Crippen LogP contribution in [0.5, 0.6) is 0 Å². The summed E-state index contributed by atoms with van der Waals surface area (Å²) in [6.07, 6.45) is 2.46. The van der Waals surface area contributed by atoms with Gasteiger partial charge >= 0.3 is 0 Å². The molecule has 0 radical (unpaired) electrons. The quantitative estimate of drug-likeness (QED) is 0.145. The van der Waals surface area contributed by atoms with Crippen molar-refractivity contribution in [3.8, 4) is 0 Å². The molecule has 0 fully saturated rings. The highest BCUT2D eigenvalue weighted by Crippen LogP contribution is 2.27. The topological polar surface area (TPSA) is 88.1 Å². The van der Waals surface area contributed by atoms with Crippen LogP contribution in [0.4, 0.5) is 17.1 Å². The number of ketones is 2. The molecule has 1 unspecified atom stereocenters. The van der Waals surface area contributed by atoms with Crippen LogP contribution in [0, 0.1) is 17.3 Å². The number of hydrogen-bond donors (Lipinski definition) is 1. The molecule has 0 aliphatic heterocycles. The fourth-order valence-electron chi connectivity index (χ4n) is 4.03. The van der Waals surface area contributed by atoms with Crippen LogP contribution in [-0.4, -0.2) is 50.5 Å². The highest BCUT2D eigenvalue weighted by molar-refractivity contribution is 6.70. The maximum Gasteiger partial charge on any atom is 0.227 e. The molecule has 0 saturated heterocycles. The van der Waals surface area contributed by atoms with Crippen LogP contribution in [0.3, 0.4) is 0 Å². The number of rotatable bonds is 14. The van der Waals surface area contributed by atoms with Crippen LogP contribution in [0.2, 0.25) is 5.02 Å². The lowest BCUT2D eigenvalue weighted by Gasteiger charge is -2.20. The van der Waals surface area contributed by atoms with Crippen molar-refractivity contribution >= 4 is 51.8 Å². The molecule has 0 heterocycles. The van der Waals surface area contributed by atoms with Gasteiger partial charge in [-0.25, -0.2) is 4.99 Å². The number of Topliss-reactive ketones (excluding diaryl/α,β-unsaturated/α-hetero) is 2. The van der Waals surface area contributed by atoms with E-state index in [1.54, 1.807) is 52.1 Å². The lowest BCUT2D eigenvalue weighted by molar-refractivity contribution is -0.120. The molecular formula is C32H44ClN3O4. The minimum absolute atomic E-state index is 0.0981. The van der Waals surface area contributed by atoms with Crippen molar-refractivity contribution < 1.29 is 19.1 Å². The average molecular weight is 570 g/mol. The zero-order chi connectivity index (χ0) is 30.0. The summed E-state index contributed by atoms with van der Waals surface area (Å²) < 4.78 is 5.14. The number of carbonyl (C=O) groups is 3. The molecule has 2 rings (SSSR count). The Morgan fingerprint density at radius 2 is 1.70 bits per heavy atom. The number of hydrogen-bond acceptors (Lipinski definition) is 6. The predicted octanol–water partition coefficient (Wildman–Crippen LogP) is 7.39. The van der Waals surface area contributed by atoms with Crippen molar-refractivity contribution in [2.24, 2.45) is 22.2 Å². The lowest BCUT2D eigenvalue weighted by Crippen LogP contribution is -2.34. The van der Waals surface area contributed by atoms with Gasteiger partial charge in [0, 0.05) is 49.0 Å². The minimum atomic E-state index is -0.849. The number of halogens is 1. The predicted molar refractivity (Wildman–Crippen MR) is 165 cm³/mol. The molecule has 0 bridgehead atoms. The number of carbonyl (C=O) groups excluding carboxylic acids is 3. The largest absolute Gasteiger partial charge is 0.383 e. The number of aliphatic imine (C=N–C) groups is 1. The number of nitrogens with one attached hydrogen (secondary N) is 1. The van der Waals surface area contributed by atoms with Crippen LogP contribution >= 0.6 is 11.6 Å². The number of anilines is 2. The number of amides is 1. The average Bonchev–Trinajstić information content (AvgIpc) is 2.90.